The Hall–Kier alpha value is -2.63. The lowest BCUT2D eigenvalue weighted by molar-refractivity contribution is 0.472. The van der Waals surface area contributed by atoms with Crippen LogP contribution in [0.3, 0.4) is 0 Å². The molecule has 4 nitrogen and oxygen atoms in total. The lowest BCUT2D eigenvalue weighted by Gasteiger charge is -2.24. The Balaban J connectivity index is 2.60. The van der Waals surface area contributed by atoms with Crippen LogP contribution in [0, 0.1) is 36.9 Å². The van der Waals surface area contributed by atoms with Crippen LogP contribution < -0.4 is 9.47 Å². The summed E-state index contributed by atoms with van der Waals surface area (Å²) in [6, 6.07) is 8.09. The van der Waals surface area contributed by atoms with Gasteiger partial charge in [0.25, 0.3) is 12.5 Å². The lowest BCUT2D eigenvalue weighted by atomic mass is 9.86. The summed E-state index contributed by atoms with van der Waals surface area (Å²) in [6.07, 6.45) is 3.59. The maximum atomic E-state index is 9.01. The zero-order valence-corrected chi connectivity index (χ0v) is 19.2. The van der Waals surface area contributed by atoms with Gasteiger partial charge in [0, 0.05) is 20.9 Å². The van der Waals surface area contributed by atoms with Crippen LogP contribution in [-0.4, -0.2) is 0 Å². The van der Waals surface area contributed by atoms with E-state index in [2.05, 4.69) is 53.7 Å². The first-order valence-electron chi connectivity index (χ1n) is 9.48. The average molecular weight is 409 g/mol. The van der Waals surface area contributed by atoms with Crippen LogP contribution in [0.2, 0.25) is 0 Å². The Morgan fingerprint density at radius 2 is 1.03 bits per heavy atom. The first-order valence-corrected chi connectivity index (χ1v) is 10.3. The molecule has 0 aliphatic heterocycles. The number of ether oxygens (including phenoxy) is 2. The van der Waals surface area contributed by atoms with Crippen LogP contribution in [0.1, 0.15) is 63.8 Å². The third kappa shape index (κ3) is 5.25. The van der Waals surface area contributed by atoms with Crippen molar-refractivity contribution in [1.29, 1.82) is 10.5 Å². The zero-order chi connectivity index (χ0) is 22.0. The fourth-order valence-corrected chi connectivity index (χ4v) is 4.13. The van der Waals surface area contributed by atoms with E-state index in [0.29, 0.717) is 11.5 Å². The summed E-state index contributed by atoms with van der Waals surface area (Å²) >= 11 is 1.68. The minimum Gasteiger partial charge on any atom is -0.388 e. The summed E-state index contributed by atoms with van der Waals surface area (Å²) in [4.78, 5) is 2.22. The number of rotatable bonds is 4. The van der Waals surface area contributed by atoms with Gasteiger partial charge < -0.3 is 9.47 Å². The molecule has 0 bridgehead atoms. The van der Waals surface area contributed by atoms with Crippen molar-refractivity contribution in [3.05, 3.63) is 46.5 Å². The van der Waals surface area contributed by atoms with Crippen molar-refractivity contribution in [2.75, 3.05) is 0 Å². The largest absolute Gasteiger partial charge is 0.388 e. The van der Waals surface area contributed by atoms with Gasteiger partial charge in [0.2, 0.25) is 0 Å². The number of benzene rings is 2. The molecule has 5 heteroatoms. The average Bonchev–Trinajstić information content (AvgIpc) is 2.57. The van der Waals surface area contributed by atoms with Gasteiger partial charge in [-0.25, -0.2) is 0 Å². The number of hydrogen-bond acceptors (Lipinski definition) is 5. The Labute approximate surface area is 178 Å². The number of nitrogens with zero attached hydrogens (tertiary/aromatic N) is 2. The van der Waals surface area contributed by atoms with E-state index in [1.165, 1.54) is 0 Å². The van der Waals surface area contributed by atoms with E-state index in [0.717, 1.165) is 32.0 Å². The number of hydrogen-bond donors (Lipinski definition) is 0. The highest BCUT2D eigenvalue weighted by Gasteiger charge is 2.24. The van der Waals surface area contributed by atoms with Crippen LogP contribution >= 0.6 is 11.8 Å². The van der Waals surface area contributed by atoms with E-state index in [1.807, 2.05) is 26.0 Å². The molecule has 0 unspecified atom stereocenters. The van der Waals surface area contributed by atoms with Gasteiger partial charge in [0.05, 0.1) is 0 Å². The summed E-state index contributed by atoms with van der Waals surface area (Å²) in [7, 11) is 0. The smallest absolute Gasteiger partial charge is 0.292 e. The normalized spacial score (nSPS) is 11.5. The van der Waals surface area contributed by atoms with E-state index in [4.69, 9.17) is 20.0 Å². The summed E-state index contributed by atoms with van der Waals surface area (Å²) in [5.41, 5.74) is 3.75. The summed E-state index contributed by atoms with van der Waals surface area (Å²) in [6.45, 7) is 16.7. The molecule has 0 N–H and O–H groups in total. The van der Waals surface area contributed by atoms with Crippen molar-refractivity contribution in [1.82, 2.24) is 0 Å². The minimum atomic E-state index is -0.161. The van der Waals surface area contributed by atoms with E-state index in [9.17, 15) is 0 Å². The monoisotopic (exact) mass is 408 g/mol. The molecule has 0 aliphatic carbocycles. The molecule has 0 amide bonds. The van der Waals surface area contributed by atoms with Gasteiger partial charge in [0.15, 0.2) is 0 Å². The van der Waals surface area contributed by atoms with Gasteiger partial charge in [-0.3, -0.25) is 0 Å². The van der Waals surface area contributed by atoms with Crippen molar-refractivity contribution < 1.29 is 9.47 Å². The van der Waals surface area contributed by atoms with Crippen molar-refractivity contribution in [2.24, 2.45) is 0 Å². The minimum absolute atomic E-state index is 0.161. The Bertz CT molecular complexity index is 918. The highest BCUT2D eigenvalue weighted by atomic mass is 32.2. The number of nitriles is 2. The Morgan fingerprint density at radius 1 is 0.690 bits per heavy atom. The SMILES string of the molecule is Cc1cc(OC#N)c(C(C)(C)C)cc1Sc1cc(C(C)(C)C)c(OC#N)cc1C. The van der Waals surface area contributed by atoms with E-state index < -0.39 is 0 Å². The predicted octanol–water partition coefficient (Wildman–Crippen LogP) is 6.77. The second kappa shape index (κ2) is 8.39. The van der Waals surface area contributed by atoms with Gasteiger partial charge in [0.1, 0.15) is 11.5 Å². The molecule has 2 rings (SSSR count). The van der Waals surface area contributed by atoms with Crippen molar-refractivity contribution in [3.63, 3.8) is 0 Å². The van der Waals surface area contributed by atoms with Crippen molar-refractivity contribution in [3.8, 4) is 24.0 Å². The summed E-state index contributed by atoms with van der Waals surface area (Å²) in [5, 5.41) is 18.0. The molecule has 2 aromatic rings. The maximum Gasteiger partial charge on any atom is 0.292 e. The maximum absolute atomic E-state index is 9.01. The fraction of sp³-hybridized carbons (Fsp3) is 0.417. The molecule has 0 fully saturated rings. The quantitative estimate of drug-likeness (QED) is 0.522. The topological polar surface area (TPSA) is 66.0 Å². The second-order valence-corrected chi connectivity index (χ2v) is 10.3. The molecule has 0 saturated heterocycles. The van der Waals surface area contributed by atoms with E-state index in [1.54, 1.807) is 24.3 Å². The highest BCUT2D eigenvalue weighted by molar-refractivity contribution is 7.99. The molecule has 29 heavy (non-hydrogen) atoms. The Kier molecular flexibility index (Phi) is 6.56. The van der Waals surface area contributed by atoms with Gasteiger partial charge >= 0.3 is 0 Å². The summed E-state index contributed by atoms with van der Waals surface area (Å²) < 4.78 is 10.5. The van der Waals surface area contributed by atoms with Crippen LogP contribution in [0.15, 0.2) is 34.1 Å². The van der Waals surface area contributed by atoms with Crippen molar-refractivity contribution in [2.45, 2.75) is 76.0 Å². The van der Waals surface area contributed by atoms with E-state index >= 15 is 0 Å². The molecule has 2 aromatic carbocycles. The van der Waals surface area contributed by atoms with E-state index in [-0.39, 0.29) is 10.8 Å². The highest BCUT2D eigenvalue weighted by Crippen LogP contribution is 2.43. The molecular weight excluding hydrogens is 380 g/mol. The first-order chi connectivity index (χ1) is 13.4. The molecule has 0 saturated carbocycles. The fourth-order valence-electron chi connectivity index (χ4n) is 3.10. The Morgan fingerprint density at radius 3 is 1.31 bits per heavy atom. The van der Waals surface area contributed by atoms with Gasteiger partial charge in [-0.05, 0) is 60.1 Å². The summed E-state index contributed by atoms with van der Waals surface area (Å²) in [5.74, 6) is 1.21. The van der Waals surface area contributed by atoms with Gasteiger partial charge in [-0.2, -0.15) is 0 Å². The first kappa shape index (κ1) is 22.7. The predicted molar refractivity (Wildman–Crippen MR) is 116 cm³/mol. The molecule has 0 radical (unpaired) electrons. The number of aryl methyl sites for hydroxylation is 2. The molecule has 0 atom stereocenters. The standard InChI is InChI=1S/C24H28N2O2S/c1-15-9-19(27-13-25)17(23(3,4)5)11-21(15)29-22-12-18(24(6,7)8)20(28-14-26)10-16(22)2/h9-12H,1-8H3. The van der Waals surface area contributed by atoms with Crippen LogP contribution in [0.4, 0.5) is 0 Å². The van der Waals surface area contributed by atoms with Gasteiger partial charge in [-0.15, -0.1) is 10.5 Å². The molecular formula is C24H28N2O2S. The van der Waals surface area contributed by atoms with Crippen LogP contribution in [0.5, 0.6) is 11.5 Å². The molecule has 0 heterocycles. The van der Waals surface area contributed by atoms with Crippen LogP contribution in [0.25, 0.3) is 0 Å². The third-order valence-corrected chi connectivity index (χ3v) is 6.02. The zero-order valence-electron chi connectivity index (χ0n) is 18.4. The molecule has 152 valence electrons. The second-order valence-electron chi connectivity index (χ2n) is 9.22. The molecule has 0 spiro atoms. The lowest BCUT2D eigenvalue weighted by Crippen LogP contribution is -2.14. The van der Waals surface area contributed by atoms with Crippen LogP contribution in [-0.2, 0) is 10.8 Å². The molecule has 0 aromatic heterocycles. The van der Waals surface area contributed by atoms with Gasteiger partial charge in [-0.1, -0.05) is 53.3 Å². The third-order valence-electron chi connectivity index (χ3n) is 4.70. The van der Waals surface area contributed by atoms with Crippen molar-refractivity contribution >= 4 is 11.8 Å². The molecule has 0 aliphatic rings.